The zero-order chi connectivity index (χ0) is 14.3. The van der Waals surface area contributed by atoms with Crippen molar-refractivity contribution in [2.75, 3.05) is 0 Å². The first-order valence-corrected chi connectivity index (χ1v) is 5.08. The summed E-state index contributed by atoms with van der Waals surface area (Å²) in [5.74, 6) is -4.12. The van der Waals surface area contributed by atoms with E-state index in [0.29, 0.717) is 0 Å². The lowest BCUT2D eigenvalue weighted by molar-refractivity contribution is -0.154. The fourth-order valence-corrected chi connectivity index (χ4v) is 1.24. The summed E-state index contributed by atoms with van der Waals surface area (Å²) < 4.78 is 0. The average Bonchev–Trinajstić information content (AvgIpc) is 2.27. The number of carboxylic acids is 1. The second kappa shape index (κ2) is 6.48. The minimum absolute atomic E-state index is 0.0378. The van der Waals surface area contributed by atoms with E-state index in [0.717, 1.165) is 6.92 Å². The van der Waals surface area contributed by atoms with Crippen molar-refractivity contribution in [1.29, 1.82) is 0 Å². The number of carbonyl (C=O) groups is 5. The van der Waals surface area contributed by atoms with Crippen molar-refractivity contribution >= 4 is 29.9 Å². The summed E-state index contributed by atoms with van der Waals surface area (Å²) in [6.07, 6.45) is -0.840. The highest BCUT2D eigenvalue weighted by atomic mass is 16.4. The number of nitrogens with one attached hydrogen (secondary N) is 2. The van der Waals surface area contributed by atoms with Gasteiger partial charge in [0.2, 0.25) is 17.9 Å². The number of hydrogen-bond acceptors (Lipinski definition) is 5. The molecule has 1 atom stereocenters. The Labute approximate surface area is 103 Å². The molecule has 1 unspecified atom stereocenters. The number of aliphatic carboxylic acids is 1. The van der Waals surface area contributed by atoms with Crippen molar-refractivity contribution < 1.29 is 29.1 Å². The number of rotatable bonds is 7. The Hall–Kier alpha value is -2.25. The number of ketones is 1. The lowest BCUT2D eigenvalue weighted by Crippen LogP contribution is -2.66. The van der Waals surface area contributed by atoms with Gasteiger partial charge >= 0.3 is 5.97 Å². The van der Waals surface area contributed by atoms with Crippen LogP contribution in [0, 0.1) is 0 Å². The molecular weight excluding hydrogens is 244 g/mol. The fraction of sp³-hybridized carbons (Fsp3) is 0.500. The van der Waals surface area contributed by atoms with Crippen molar-refractivity contribution in [3.8, 4) is 0 Å². The summed E-state index contributed by atoms with van der Waals surface area (Å²) in [5.41, 5.74) is -2.29. The molecule has 3 N–H and O–H groups in total. The molecule has 0 aliphatic heterocycles. The number of carbonyl (C=O) groups excluding carboxylic acids is 4. The molecule has 0 aromatic rings. The molecule has 0 aliphatic carbocycles. The molecule has 0 heterocycles. The maximum Gasteiger partial charge on any atom is 0.351 e. The van der Waals surface area contributed by atoms with Crippen LogP contribution in [0.5, 0.6) is 0 Å². The Morgan fingerprint density at radius 3 is 2.11 bits per heavy atom. The summed E-state index contributed by atoms with van der Waals surface area (Å²) >= 11 is 0. The third-order valence-corrected chi connectivity index (χ3v) is 2.00. The van der Waals surface area contributed by atoms with Crippen molar-refractivity contribution in [2.24, 2.45) is 0 Å². The first-order valence-electron chi connectivity index (χ1n) is 5.08. The van der Waals surface area contributed by atoms with E-state index in [-0.39, 0.29) is 12.7 Å². The Bertz CT molecular complexity index is 392. The molecule has 100 valence electrons. The summed E-state index contributed by atoms with van der Waals surface area (Å²) in [6, 6.07) is 0. The van der Waals surface area contributed by atoms with Crippen molar-refractivity contribution in [2.45, 2.75) is 32.4 Å². The molecule has 0 saturated heterocycles. The Balaban J connectivity index is 5.33. The van der Waals surface area contributed by atoms with Crippen LogP contribution in [0.15, 0.2) is 0 Å². The maximum absolute atomic E-state index is 11.3. The smallest absolute Gasteiger partial charge is 0.351 e. The second-order valence-electron chi connectivity index (χ2n) is 3.60. The third kappa shape index (κ3) is 4.32. The van der Waals surface area contributed by atoms with Gasteiger partial charge in [0.15, 0.2) is 0 Å². The third-order valence-electron chi connectivity index (χ3n) is 2.00. The van der Waals surface area contributed by atoms with E-state index < -0.39 is 35.7 Å². The van der Waals surface area contributed by atoms with Gasteiger partial charge in [-0.1, -0.05) is 6.92 Å². The lowest BCUT2D eigenvalue weighted by Gasteiger charge is -2.29. The van der Waals surface area contributed by atoms with Gasteiger partial charge < -0.3 is 15.7 Å². The number of Topliss-reactive ketones (excluding diaryl/α,β-unsaturated/α-hetero) is 1. The van der Waals surface area contributed by atoms with Crippen LogP contribution >= 0.6 is 0 Å². The van der Waals surface area contributed by atoms with E-state index in [1.54, 1.807) is 0 Å². The Morgan fingerprint density at radius 1 is 1.22 bits per heavy atom. The van der Waals surface area contributed by atoms with Gasteiger partial charge in [0.05, 0.1) is 6.42 Å². The molecule has 2 amide bonds. The first-order chi connectivity index (χ1) is 8.27. The Morgan fingerprint density at radius 2 is 1.78 bits per heavy atom. The second-order valence-corrected chi connectivity index (χ2v) is 3.60. The van der Waals surface area contributed by atoms with Gasteiger partial charge in [-0.15, -0.1) is 0 Å². The van der Waals surface area contributed by atoms with E-state index in [9.17, 15) is 24.0 Å². The van der Waals surface area contributed by atoms with Crippen molar-refractivity contribution in [1.82, 2.24) is 10.6 Å². The molecule has 0 fully saturated rings. The van der Waals surface area contributed by atoms with Crippen LogP contribution in [0.3, 0.4) is 0 Å². The van der Waals surface area contributed by atoms with E-state index in [1.807, 2.05) is 10.6 Å². The molecule has 0 aromatic heterocycles. The molecule has 18 heavy (non-hydrogen) atoms. The van der Waals surface area contributed by atoms with E-state index in [1.165, 1.54) is 6.92 Å². The Kier molecular flexibility index (Phi) is 5.67. The van der Waals surface area contributed by atoms with E-state index in [2.05, 4.69) is 0 Å². The van der Waals surface area contributed by atoms with Gasteiger partial charge in [0.25, 0.3) is 5.91 Å². The minimum atomic E-state index is -2.29. The average molecular weight is 258 g/mol. The zero-order valence-electron chi connectivity index (χ0n) is 9.98. The van der Waals surface area contributed by atoms with Gasteiger partial charge in [-0.25, -0.2) is 4.79 Å². The molecule has 0 aliphatic rings. The van der Waals surface area contributed by atoms with Crippen LogP contribution in [0.25, 0.3) is 0 Å². The molecule has 0 saturated carbocycles. The van der Waals surface area contributed by atoms with Gasteiger partial charge in [-0.05, 0) is 6.92 Å². The predicted octanol–water partition coefficient (Wildman–Crippen LogP) is -1.41. The standard InChI is InChI=1S/C10H14N2O6/c1-3-7(15)11-10(9(17)18,4-6(2)14)12-8(16)5-13/h5H,3-4H2,1-2H3,(H,11,15)(H,12,16)(H,17,18). The zero-order valence-corrected chi connectivity index (χ0v) is 9.98. The molecule has 0 rings (SSSR count). The van der Waals surface area contributed by atoms with Crippen LogP contribution in [0.2, 0.25) is 0 Å². The quantitative estimate of drug-likeness (QED) is 0.292. The molecule has 0 spiro atoms. The monoisotopic (exact) mass is 258 g/mol. The highest BCUT2D eigenvalue weighted by Crippen LogP contribution is 2.09. The van der Waals surface area contributed by atoms with Crippen LogP contribution in [0.4, 0.5) is 0 Å². The molecule has 0 bridgehead atoms. The van der Waals surface area contributed by atoms with Gasteiger partial charge in [0, 0.05) is 6.42 Å². The van der Waals surface area contributed by atoms with Gasteiger partial charge in [0.1, 0.15) is 5.78 Å². The summed E-state index contributed by atoms with van der Waals surface area (Å²) in [4.78, 5) is 54.7. The van der Waals surface area contributed by atoms with Crippen molar-refractivity contribution in [3.05, 3.63) is 0 Å². The minimum Gasteiger partial charge on any atom is -0.478 e. The van der Waals surface area contributed by atoms with Gasteiger partial charge in [-0.2, -0.15) is 0 Å². The topological polar surface area (TPSA) is 130 Å². The van der Waals surface area contributed by atoms with Crippen LogP contribution < -0.4 is 10.6 Å². The normalized spacial score (nSPS) is 13.0. The fourth-order valence-electron chi connectivity index (χ4n) is 1.24. The summed E-state index contributed by atoms with van der Waals surface area (Å²) in [5, 5.41) is 12.9. The molecular formula is C10H14N2O6. The highest BCUT2D eigenvalue weighted by molar-refractivity contribution is 6.24. The molecule has 0 aromatic carbocycles. The van der Waals surface area contributed by atoms with Crippen LogP contribution in [-0.4, -0.2) is 40.6 Å². The number of hydrogen-bond donors (Lipinski definition) is 3. The highest BCUT2D eigenvalue weighted by Gasteiger charge is 2.42. The van der Waals surface area contributed by atoms with Gasteiger partial charge in [-0.3, -0.25) is 19.2 Å². The summed E-state index contributed by atoms with van der Waals surface area (Å²) in [7, 11) is 0. The van der Waals surface area contributed by atoms with Crippen molar-refractivity contribution in [3.63, 3.8) is 0 Å². The largest absolute Gasteiger partial charge is 0.478 e. The van der Waals surface area contributed by atoms with E-state index >= 15 is 0 Å². The first kappa shape index (κ1) is 15.8. The lowest BCUT2D eigenvalue weighted by atomic mass is 10.0. The number of amides is 2. The summed E-state index contributed by atoms with van der Waals surface area (Å²) in [6.45, 7) is 2.57. The predicted molar refractivity (Wildman–Crippen MR) is 58.3 cm³/mol. The number of aldehydes is 1. The van der Waals surface area contributed by atoms with E-state index in [4.69, 9.17) is 5.11 Å². The molecule has 8 heteroatoms. The maximum atomic E-state index is 11.3. The van der Waals surface area contributed by atoms with Crippen LogP contribution in [0.1, 0.15) is 26.7 Å². The molecule has 8 nitrogen and oxygen atoms in total. The van der Waals surface area contributed by atoms with Crippen LogP contribution in [-0.2, 0) is 24.0 Å². The molecule has 0 radical (unpaired) electrons. The SMILES string of the molecule is CCC(=O)NC(CC(C)=O)(NC(=O)C=O)C(=O)O. The number of carboxylic acid groups (broad SMARTS) is 1.